The lowest BCUT2D eigenvalue weighted by molar-refractivity contribution is 0.303. The number of hydrogen-bond donors (Lipinski definition) is 1. The zero-order valence-electron chi connectivity index (χ0n) is 13.7. The highest BCUT2D eigenvalue weighted by Gasteiger charge is 2.33. The number of nitrogens with one attached hydrogen (secondary N) is 1. The van der Waals surface area contributed by atoms with Crippen molar-refractivity contribution >= 4 is 44.5 Å². The van der Waals surface area contributed by atoms with Crippen molar-refractivity contribution < 1.29 is 8.42 Å². The minimum Gasteiger partial charge on any atom is -0.345 e. The third-order valence-corrected chi connectivity index (χ3v) is 6.48. The summed E-state index contributed by atoms with van der Waals surface area (Å²) in [6, 6.07) is 5.57. The second kappa shape index (κ2) is 7.36. The van der Waals surface area contributed by atoms with Gasteiger partial charge in [-0.05, 0) is 49.2 Å². The highest BCUT2D eigenvalue weighted by molar-refractivity contribution is 7.91. The Morgan fingerprint density at radius 3 is 2.74 bits per heavy atom. The lowest BCUT2D eigenvalue weighted by atomic mass is 10.1. The molecule has 0 unspecified atom stereocenters. The molecule has 4 nitrogen and oxygen atoms in total. The molecule has 0 radical (unpaired) electrons. The summed E-state index contributed by atoms with van der Waals surface area (Å²) < 4.78 is 23.6. The van der Waals surface area contributed by atoms with Gasteiger partial charge in [0.1, 0.15) is 0 Å². The van der Waals surface area contributed by atoms with Crippen LogP contribution in [0.1, 0.15) is 25.8 Å². The molecular formula is C16H23ClN2O2S2. The van der Waals surface area contributed by atoms with E-state index in [0.29, 0.717) is 22.5 Å². The number of benzene rings is 1. The zero-order valence-corrected chi connectivity index (χ0v) is 16.1. The number of halogens is 1. The molecule has 7 heteroatoms. The van der Waals surface area contributed by atoms with E-state index in [1.165, 1.54) is 0 Å². The van der Waals surface area contributed by atoms with Crippen molar-refractivity contribution in [3.8, 4) is 0 Å². The summed E-state index contributed by atoms with van der Waals surface area (Å²) >= 11 is 11.7. The fourth-order valence-electron chi connectivity index (χ4n) is 2.74. The molecule has 1 aromatic carbocycles. The first-order valence-electron chi connectivity index (χ1n) is 7.73. The molecule has 0 amide bonds. The van der Waals surface area contributed by atoms with Gasteiger partial charge in [0.25, 0.3) is 0 Å². The Labute approximate surface area is 149 Å². The first kappa shape index (κ1) is 18.5. The van der Waals surface area contributed by atoms with E-state index in [1.807, 2.05) is 30.0 Å². The molecule has 1 aliphatic rings. The van der Waals surface area contributed by atoms with Crippen LogP contribution in [-0.4, -0.2) is 42.5 Å². The van der Waals surface area contributed by atoms with Crippen LogP contribution < -0.4 is 5.32 Å². The van der Waals surface area contributed by atoms with Crippen LogP contribution in [0, 0.1) is 12.8 Å². The van der Waals surface area contributed by atoms with Gasteiger partial charge in [-0.2, -0.15) is 0 Å². The van der Waals surface area contributed by atoms with Crippen LogP contribution in [-0.2, 0) is 9.84 Å². The average molecular weight is 375 g/mol. The van der Waals surface area contributed by atoms with E-state index in [-0.39, 0.29) is 17.5 Å². The minimum absolute atomic E-state index is 0.0538. The van der Waals surface area contributed by atoms with Crippen molar-refractivity contribution in [3.63, 3.8) is 0 Å². The van der Waals surface area contributed by atoms with Gasteiger partial charge in [-0.3, -0.25) is 0 Å². The Bertz CT molecular complexity index is 689. The summed E-state index contributed by atoms with van der Waals surface area (Å²) in [5.74, 6) is 0.805. The van der Waals surface area contributed by atoms with E-state index in [9.17, 15) is 8.42 Å². The summed E-state index contributed by atoms with van der Waals surface area (Å²) in [5, 5.41) is 4.48. The maximum Gasteiger partial charge on any atom is 0.173 e. The monoisotopic (exact) mass is 374 g/mol. The van der Waals surface area contributed by atoms with Crippen molar-refractivity contribution in [1.82, 2.24) is 4.90 Å². The summed E-state index contributed by atoms with van der Waals surface area (Å²) in [6.07, 6.45) is 0.630. The minimum atomic E-state index is -2.95. The number of sulfone groups is 1. The number of thiocarbonyl (C=S) groups is 1. The molecule has 0 aliphatic carbocycles. The number of anilines is 1. The van der Waals surface area contributed by atoms with Gasteiger partial charge in [0, 0.05) is 23.3 Å². The molecule has 1 aliphatic heterocycles. The van der Waals surface area contributed by atoms with Crippen LogP contribution in [0.3, 0.4) is 0 Å². The number of nitrogens with zero attached hydrogens (tertiary/aromatic N) is 1. The largest absolute Gasteiger partial charge is 0.345 e. The molecule has 2 rings (SSSR count). The van der Waals surface area contributed by atoms with Crippen LogP contribution in [0.2, 0.25) is 5.02 Å². The SMILES string of the molecule is Cc1c(Cl)cccc1NC(=S)N(CC(C)C)[C@H]1CCS(=O)(=O)C1. The van der Waals surface area contributed by atoms with E-state index in [2.05, 4.69) is 19.2 Å². The van der Waals surface area contributed by atoms with Gasteiger partial charge in [-0.15, -0.1) is 0 Å². The second-order valence-electron chi connectivity index (χ2n) is 6.45. The van der Waals surface area contributed by atoms with Crippen molar-refractivity contribution in [2.24, 2.45) is 5.92 Å². The van der Waals surface area contributed by atoms with Crippen LogP contribution in [0.4, 0.5) is 5.69 Å². The first-order valence-corrected chi connectivity index (χ1v) is 10.3. The Balaban J connectivity index is 2.18. The van der Waals surface area contributed by atoms with E-state index in [4.69, 9.17) is 23.8 Å². The summed E-state index contributed by atoms with van der Waals surface area (Å²) in [4.78, 5) is 2.02. The molecule has 0 bridgehead atoms. The number of rotatable bonds is 4. The van der Waals surface area contributed by atoms with Crippen LogP contribution in [0.25, 0.3) is 0 Å². The highest BCUT2D eigenvalue weighted by Crippen LogP contribution is 2.25. The van der Waals surface area contributed by atoms with Gasteiger partial charge in [0.2, 0.25) is 0 Å². The molecular weight excluding hydrogens is 352 g/mol. The van der Waals surface area contributed by atoms with Crippen molar-refractivity contribution in [2.45, 2.75) is 33.2 Å². The predicted molar refractivity (Wildman–Crippen MR) is 101 cm³/mol. The normalized spacial score (nSPS) is 19.8. The first-order chi connectivity index (χ1) is 10.7. The summed E-state index contributed by atoms with van der Waals surface area (Å²) in [7, 11) is -2.95. The Morgan fingerprint density at radius 1 is 1.48 bits per heavy atom. The Kier molecular flexibility index (Phi) is 5.92. The van der Waals surface area contributed by atoms with Gasteiger partial charge in [-0.25, -0.2) is 8.42 Å². The molecule has 128 valence electrons. The van der Waals surface area contributed by atoms with Crippen molar-refractivity contribution in [3.05, 3.63) is 28.8 Å². The average Bonchev–Trinajstić information content (AvgIpc) is 2.81. The van der Waals surface area contributed by atoms with E-state index in [0.717, 1.165) is 17.8 Å². The molecule has 23 heavy (non-hydrogen) atoms. The maximum absolute atomic E-state index is 11.8. The molecule has 0 saturated carbocycles. The van der Waals surface area contributed by atoms with Gasteiger partial charge in [0.15, 0.2) is 14.9 Å². The molecule has 1 fully saturated rings. The third kappa shape index (κ3) is 4.81. The smallest absolute Gasteiger partial charge is 0.173 e. The predicted octanol–water partition coefficient (Wildman–Crippen LogP) is 3.49. The third-order valence-electron chi connectivity index (χ3n) is 3.98. The fourth-order valence-corrected chi connectivity index (χ4v) is 4.98. The summed E-state index contributed by atoms with van der Waals surface area (Å²) in [5.41, 5.74) is 1.79. The Morgan fingerprint density at radius 2 is 2.17 bits per heavy atom. The van der Waals surface area contributed by atoms with Gasteiger partial charge >= 0.3 is 0 Å². The quantitative estimate of drug-likeness (QED) is 0.817. The number of hydrogen-bond acceptors (Lipinski definition) is 3. The molecule has 0 spiro atoms. The molecule has 1 heterocycles. The van der Waals surface area contributed by atoms with Crippen LogP contribution in [0.5, 0.6) is 0 Å². The van der Waals surface area contributed by atoms with Crippen molar-refractivity contribution in [2.75, 3.05) is 23.4 Å². The van der Waals surface area contributed by atoms with Gasteiger partial charge in [-0.1, -0.05) is 31.5 Å². The topological polar surface area (TPSA) is 49.4 Å². The standard InChI is InChI=1S/C16H23ClN2O2S2/c1-11(2)9-19(13-7-8-23(20,21)10-13)16(22)18-15-6-4-5-14(17)12(15)3/h4-6,11,13H,7-10H2,1-3H3,(H,18,22)/t13-/m0/s1. The lowest BCUT2D eigenvalue weighted by Crippen LogP contribution is -2.45. The molecule has 1 atom stereocenters. The molecule has 1 aromatic rings. The zero-order chi connectivity index (χ0) is 17.2. The maximum atomic E-state index is 11.8. The van der Waals surface area contributed by atoms with E-state index >= 15 is 0 Å². The van der Waals surface area contributed by atoms with Gasteiger partial charge in [0.05, 0.1) is 11.5 Å². The van der Waals surface area contributed by atoms with E-state index < -0.39 is 9.84 Å². The lowest BCUT2D eigenvalue weighted by Gasteiger charge is -2.32. The molecule has 1 saturated heterocycles. The van der Waals surface area contributed by atoms with Gasteiger partial charge < -0.3 is 10.2 Å². The molecule has 1 N–H and O–H groups in total. The van der Waals surface area contributed by atoms with Crippen LogP contribution >= 0.6 is 23.8 Å². The van der Waals surface area contributed by atoms with E-state index in [1.54, 1.807) is 0 Å². The molecule has 0 aromatic heterocycles. The summed E-state index contributed by atoms with van der Waals surface area (Å²) in [6.45, 7) is 6.86. The Hall–Kier alpha value is -0.850. The van der Waals surface area contributed by atoms with Crippen molar-refractivity contribution in [1.29, 1.82) is 0 Å². The van der Waals surface area contributed by atoms with Crippen LogP contribution in [0.15, 0.2) is 18.2 Å². The second-order valence-corrected chi connectivity index (χ2v) is 9.47. The highest BCUT2D eigenvalue weighted by atomic mass is 35.5. The fraction of sp³-hybridized carbons (Fsp3) is 0.562.